The molecule has 1 heterocycles. The Morgan fingerprint density at radius 2 is 2.17 bits per heavy atom. The van der Waals surface area contributed by atoms with Crippen molar-refractivity contribution in [3.05, 3.63) is 0 Å². The number of likely N-dealkylation sites (N-methyl/N-ethyl adjacent to an activating group) is 1. The van der Waals surface area contributed by atoms with E-state index in [0.717, 1.165) is 19.1 Å². The molecule has 2 aliphatic rings. The number of rotatable bonds is 9. The molecular weight excluding hydrogens is 226 g/mol. The summed E-state index contributed by atoms with van der Waals surface area (Å²) in [6.45, 7) is 3.92. The molecule has 1 aliphatic carbocycles. The molecule has 106 valence electrons. The second-order valence-electron chi connectivity index (χ2n) is 5.72. The summed E-state index contributed by atoms with van der Waals surface area (Å²) >= 11 is 0. The molecule has 0 aromatic carbocycles. The van der Waals surface area contributed by atoms with Crippen molar-refractivity contribution in [3.63, 3.8) is 0 Å². The van der Waals surface area contributed by atoms with E-state index in [1.807, 2.05) is 0 Å². The molecule has 1 saturated heterocycles. The van der Waals surface area contributed by atoms with Gasteiger partial charge in [0.1, 0.15) is 0 Å². The van der Waals surface area contributed by atoms with E-state index in [2.05, 4.69) is 19.3 Å². The summed E-state index contributed by atoms with van der Waals surface area (Å²) in [7, 11) is 2.07. The average molecular weight is 255 g/mol. The highest BCUT2D eigenvalue weighted by molar-refractivity contribution is 4.90. The second-order valence-corrected chi connectivity index (χ2v) is 5.72. The Balaban J connectivity index is 1.69. The molecule has 3 nitrogen and oxygen atoms in total. The van der Waals surface area contributed by atoms with Gasteiger partial charge in [-0.2, -0.15) is 0 Å². The topological polar surface area (TPSA) is 30.5 Å². The van der Waals surface area contributed by atoms with Crippen molar-refractivity contribution in [3.8, 4) is 0 Å². The molecule has 3 heteroatoms. The predicted molar refractivity (Wildman–Crippen MR) is 73.8 cm³/mol. The molecule has 1 N–H and O–H groups in total. The van der Waals surface area contributed by atoms with Crippen LogP contribution in [0.4, 0.5) is 0 Å². The van der Waals surface area contributed by atoms with Crippen molar-refractivity contribution in [1.82, 2.24) is 5.32 Å². The zero-order valence-corrected chi connectivity index (χ0v) is 12.0. The minimum absolute atomic E-state index is 0.435. The normalized spacial score (nSPS) is 27.3. The van der Waals surface area contributed by atoms with Gasteiger partial charge in [-0.3, -0.25) is 0 Å². The third-order valence-corrected chi connectivity index (χ3v) is 4.28. The number of hydrogen-bond donors (Lipinski definition) is 1. The minimum Gasteiger partial charge on any atom is -0.378 e. The third-order valence-electron chi connectivity index (χ3n) is 4.28. The molecule has 3 unspecified atom stereocenters. The third kappa shape index (κ3) is 4.22. The summed E-state index contributed by atoms with van der Waals surface area (Å²) in [4.78, 5) is 0. The monoisotopic (exact) mass is 255 g/mol. The van der Waals surface area contributed by atoms with Gasteiger partial charge < -0.3 is 14.8 Å². The standard InChI is InChI=1S/C15H29NO2/c1-3-17-15(12-9-10-12)14(16-2)8-4-6-13-7-5-11-18-13/h12-16H,3-11H2,1-2H3. The summed E-state index contributed by atoms with van der Waals surface area (Å²) in [6.07, 6.45) is 9.90. The van der Waals surface area contributed by atoms with Gasteiger partial charge in [-0.15, -0.1) is 0 Å². The van der Waals surface area contributed by atoms with Crippen LogP contribution in [0.2, 0.25) is 0 Å². The van der Waals surface area contributed by atoms with Gasteiger partial charge in [0.15, 0.2) is 0 Å². The number of hydrogen-bond acceptors (Lipinski definition) is 3. The molecule has 18 heavy (non-hydrogen) atoms. The molecule has 0 aromatic heterocycles. The van der Waals surface area contributed by atoms with Gasteiger partial charge in [0.2, 0.25) is 0 Å². The lowest BCUT2D eigenvalue weighted by molar-refractivity contribution is 0.0169. The minimum atomic E-state index is 0.435. The van der Waals surface area contributed by atoms with Gasteiger partial charge in [-0.1, -0.05) is 0 Å². The number of ether oxygens (including phenoxy) is 2. The van der Waals surface area contributed by atoms with E-state index < -0.39 is 0 Å². The van der Waals surface area contributed by atoms with Crippen LogP contribution in [0.5, 0.6) is 0 Å². The first-order valence-electron chi connectivity index (χ1n) is 7.75. The Kier molecular flexibility index (Phi) is 5.93. The van der Waals surface area contributed by atoms with Crippen molar-refractivity contribution in [1.29, 1.82) is 0 Å². The van der Waals surface area contributed by atoms with Gasteiger partial charge in [0.25, 0.3) is 0 Å². The molecule has 1 saturated carbocycles. The lowest BCUT2D eigenvalue weighted by Gasteiger charge is -2.27. The Morgan fingerprint density at radius 3 is 2.72 bits per heavy atom. The molecular formula is C15H29NO2. The molecule has 0 bridgehead atoms. The number of nitrogens with one attached hydrogen (secondary N) is 1. The van der Waals surface area contributed by atoms with Gasteiger partial charge in [-0.25, -0.2) is 0 Å². The first-order chi connectivity index (χ1) is 8.85. The largest absolute Gasteiger partial charge is 0.378 e. The van der Waals surface area contributed by atoms with Gasteiger partial charge >= 0.3 is 0 Å². The highest BCUT2D eigenvalue weighted by atomic mass is 16.5. The molecule has 0 spiro atoms. The fourth-order valence-corrected chi connectivity index (χ4v) is 3.11. The van der Waals surface area contributed by atoms with Crippen LogP contribution in [0.25, 0.3) is 0 Å². The van der Waals surface area contributed by atoms with Crippen LogP contribution in [0.1, 0.15) is 51.9 Å². The van der Waals surface area contributed by atoms with E-state index in [1.54, 1.807) is 0 Å². The van der Waals surface area contributed by atoms with Gasteiger partial charge in [-0.05, 0) is 64.8 Å². The van der Waals surface area contributed by atoms with Crippen LogP contribution in [-0.2, 0) is 9.47 Å². The van der Waals surface area contributed by atoms with E-state index in [4.69, 9.17) is 9.47 Å². The smallest absolute Gasteiger partial charge is 0.0755 e. The van der Waals surface area contributed by atoms with E-state index in [1.165, 1.54) is 44.9 Å². The van der Waals surface area contributed by atoms with E-state index in [0.29, 0.717) is 18.2 Å². The van der Waals surface area contributed by atoms with Gasteiger partial charge in [0.05, 0.1) is 12.2 Å². The van der Waals surface area contributed by atoms with Crippen molar-refractivity contribution in [2.75, 3.05) is 20.3 Å². The van der Waals surface area contributed by atoms with Crippen LogP contribution in [0.15, 0.2) is 0 Å². The highest BCUT2D eigenvalue weighted by Crippen LogP contribution is 2.36. The Bertz CT molecular complexity index is 225. The van der Waals surface area contributed by atoms with E-state index in [9.17, 15) is 0 Å². The summed E-state index contributed by atoms with van der Waals surface area (Å²) in [5, 5.41) is 3.47. The average Bonchev–Trinajstić information content (AvgIpc) is 3.10. The fraction of sp³-hybridized carbons (Fsp3) is 1.00. The Morgan fingerprint density at radius 1 is 1.33 bits per heavy atom. The maximum absolute atomic E-state index is 5.95. The van der Waals surface area contributed by atoms with Crippen LogP contribution in [0.3, 0.4) is 0 Å². The maximum Gasteiger partial charge on any atom is 0.0755 e. The van der Waals surface area contributed by atoms with Crippen LogP contribution >= 0.6 is 0 Å². The Hall–Kier alpha value is -0.120. The first kappa shape index (κ1) is 14.3. The summed E-state index contributed by atoms with van der Waals surface area (Å²) in [5.74, 6) is 0.810. The molecule has 0 radical (unpaired) electrons. The summed E-state index contributed by atoms with van der Waals surface area (Å²) < 4.78 is 11.6. The van der Waals surface area contributed by atoms with Crippen molar-refractivity contribution in [2.45, 2.75) is 70.1 Å². The Labute approximate surface area is 112 Å². The van der Waals surface area contributed by atoms with Crippen LogP contribution < -0.4 is 5.32 Å². The fourth-order valence-electron chi connectivity index (χ4n) is 3.11. The molecule has 3 atom stereocenters. The van der Waals surface area contributed by atoms with Crippen molar-refractivity contribution >= 4 is 0 Å². The molecule has 1 aliphatic heterocycles. The molecule has 2 fully saturated rings. The highest BCUT2D eigenvalue weighted by Gasteiger charge is 2.36. The maximum atomic E-state index is 5.95. The van der Waals surface area contributed by atoms with Crippen molar-refractivity contribution < 1.29 is 9.47 Å². The van der Waals surface area contributed by atoms with E-state index in [-0.39, 0.29) is 0 Å². The summed E-state index contributed by atoms with van der Waals surface area (Å²) in [5.41, 5.74) is 0. The molecule has 2 rings (SSSR count). The zero-order chi connectivity index (χ0) is 12.8. The van der Waals surface area contributed by atoms with Crippen LogP contribution in [-0.4, -0.2) is 38.5 Å². The lowest BCUT2D eigenvalue weighted by Crippen LogP contribution is -2.41. The predicted octanol–water partition coefficient (Wildman–Crippen LogP) is 2.74. The molecule has 0 aromatic rings. The first-order valence-corrected chi connectivity index (χ1v) is 7.75. The second kappa shape index (κ2) is 7.46. The zero-order valence-electron chi connectivity index (χ0n) is 12.0. The quantitative estimate of drug-likeness (QED) is 0.687. The molecule has 0 amide bonds. The summed E-state index contributed by atoms with van der Waals surface area (Å²) in [6, 6.07) is 0.527. The van der Waals surface area contributed by atoms with E-state index >= 15 is 0 Å². The van der Waals surface area contributed by atoms with Crippen molar-refractivity contribution in [2.24, 2.45) is 5.92 Å². The lowest BCUT2D eigenvalue weighted by atomic mass is 9.98. The SMILES string of the molecule is CCOC(C1CC1)C(CCCC1CCCO1)NC. The van der Waals surface area contributed by atoms with Crippen LogP contribution in [0, 0.1) is 5.92 Å². The van der Waals surface area contributed by atoms with Gasteiger partial charge in [0, 0.05) is 19.3 Å².